The van der Waals surface area contributed by atoms with Crippen molar-refractivity contribution in [3.05, 3.63) is 139 Å². The van der Waals surface area contributed by atoms with Gasteiger partial charge in [0.05, 0.1) is 72.7 Å². The Kier molecular flexibility index (Phi) is 68.4. The molecule has 78 heavy (non-hydrogen) atoms. The maximum atomic E-state index is 10.6. The molecule has 1 N–H and O–H groups in total. The van der Waals surface area contributed by atoms with Crippen molar-refractivity contribution >= 4 is 65.7 Å². The molecule has 25 heteroatoms. The van der Waals surface area contributed by atoms with Crippen LogP contribution in [0, 0.1) is 0 Å². The Balaban J connectivity index is -0.000000201. The standard InChI is InChI=1S/2C10H14O5.3C9H12O4.C6H10O3/c2*1-3-9(11)14-7-5-13-6-8-15-10(12)4-2;3*1-3-8(10)12-6-5-7-13-9(11)4-2;1-2-6(8)9-5-3-4-7/h2*3-4H,1-2,5-8H2;3*3-4H,1-2,5-7H2;2,7H,1,3-5H2. The summed E-state index contributed by atoms with van der Waals surface area (Å²) in [5, 5.41) is 8.23. The third-order valence-corrected chi connectivity index (χ3v) is 6.60. The molecule has 0 aromatic heterocycles. The van der Waals surface area contributed by atoms with Gasteiger partial charge in [0, 0.05) is 99.1 Å². The Morgan fingerprint density at radius 3 is 0.474 bits per heavy atom. The van der Waals surface area contributed by atoms with Crippen molar-refractivity contribution in [3.8, 4) is 0 Å². The van der Waals surface area contributed by atoms with Gasteiger partial charge in [-0.2, -0.15) is 0 Å². The van der Waals surface area contributed by atoms with Crippen LogP contribution >= 0.6 is 0 Å². The van der Waals surface area contributed by atoms with Crippen LogP contribution in [0.25, 0.3) is 0 Å². The van der Waals surface area contributed by atoms with Crippen molar-refractivity contribution in [1.82, 2.24) is 0 Å². The fourth-order valence-corrected chi connectivity index (χ4v) is 3.11. The van der Waals surface area contributed by atoms with Crippen LogP contribution in [0.2, 0.25) is 0 Å². The zero-order valence-electron chi connectivity index (χ0n) is 44.0. The van der Waals surface area contributed by atoms with Crippen molar-refractivity contribution in [2.45, 2.75) is 25.7 Å². The van der Waals surface area contributed by atoms with Crippen LogP contribution in [0.5, 0.6) is 0 Å². The van der Waals surface area contributed by atoms with Crippen molar-refractivity contribution in [2.75, 3.05) is 106 Å². The number of aliphatic hydroxyl groups is 1. The van der Waals surface area contributed by atoms with E-state index in [1.54, 1.807) is 0 Å². The fourth-order valence-electron chi connectivity index (χ4n) is 3.11. The Hall–Kier alpha value is -8.81. The maximum absolute atomic E-state index is 10.6. The molecule has 0 amide bonds. The highest BCUT2D eigenvalue weighted by Gasteiger charge is 2.02. The lowest BCUT2D eigenvalue weighted by Crippen LogP contribution is -2.12. The van der Waals surface area contributed by atoms with Gasteiger partial charge in [0.15, 0.2) is 0 Å². The van der Waals surface area contributed by atoms with Crippen LogP contribution in [0.1, 0.15) is 25.7 Å². The summed E-state index contributed by atoms with van der Waals surface area (Å²) in [6.45, 7) is 38.8. The Labute approximate surface area is 454 Å². The average Bonchev–Trinajstić information content (AvgIpc) is 3.46. The van der Waals surface area contributed by atoms with Crippen LogP contribution in [0.4, 0.5) is 0 Å². The second-order valence-electron chi connectivity index (χ2n) is 12.5. The van der Waals surface area contributed by atoms with Gasteiger partial charge < -0.3 is 66.7 Å². The topological polar surface area (TPSA) is 328 Å². The van der Waals surface area contributed by atoms with Crippen molar-refractivity contribution in [3.63, 3.8) is 0 Å². The lowest BCUT2D eigenvalue weighted by molar-refractivity contribution is -0.142. The van der Waals surface area contributed by atoms with Crippen molar-refractivity contribution < 1.29 is 119 Å². The van der Waals surface area contributed by atoms with E-state index in [-0.39, 0.29) is 106 Å². The van der Waals surface area contributed by atoms with E-state index in [0.29, 0.717) is 25.7 Å². The Bertz CT molecular complexity index is 1590. The number of carbonyl (C=O) groups is 11. The summed E-state index contributed by atoms with van der Waals surface area (Å²) < 4.78 is 60.8. The van der Waals surface area contributed by atoms with Gasteiger partial charge in [-0.3, -0.25) is 0 Å². The van der Waals surface area contributed by atoms with Gasteiger partial charge in [-0.15, -0.1) is 0 Å². The monoisotopic (exact) mass is 1110 g/mol. The number of aliphatic hydroxyl groups excluding tert-OH is 1. The molecule has 0 spiro atoms. The van der Waals surface area contributed by atoms with Gasteiger partial charge in [0.1, 0.15) is 26.4 Å². The molecule has 0 aromatic rings. The molecule has 0 saturated heterocycles. The minimum atomic E-state index is -0.489. The predicted molar refractivity (Wildman–Crippen MR) is 280 cm³/mol. The SMILES string of the molecule is C=CC(=O)OCCCO.C=CC(=O)OCCCOC(=O)C=C.C=CC(=O)OCCCOC(=O)C=C.C=CC(=O)OCCCOC(=O)C=C.C=CC(=O)OCCOCCOC(=O)C=C.C=CC(=O)OCCOCCOC(=O)C=C. The van der Waals surface area contributed by atoms with Gasteiger partial charge >= 0.3 is 65.7 Å². The molecular weight excluding hydrogens is 1040 g/mol. The van der Waals surface area contributed by atoms with Gasteiger partial charge in [0.25, 0.3) is 0 Å². The number of carbonyl (C=O) groups excluding carboxylic acids is 11. The Morgan fingerprint density at radius 1 is 0.218 bits per heavy atom. The molecule has 0 saturated carbocycles. The molecule has 0 aliphatic rings. The summed E-state index contributed by atoms with van der Waals surface area (Å²) >= 11 is 0. The first-order chi connectivity index (χ1) is 37.3. The molecule has 0 aromatic carbocycles. The zero-order valence-corrected chi connectivity index (χ0v) is 44.0. The van der Waals surface area contributed by atoms with Gasteiger partial charge in [-0.1, -0.05) is 72.4 Å². The minimum Gasteiger partial charge on any atom is -0.462 e. The number of hydrogen-bond acceptors (Lipinski definition) is 25. The van der Waals surface area contributed by atoms with Crippen LogP contribution in [0.15, 0.2) is 139 Å². The third kappa shape index (κ3) is 76.1. The highest BCUT2D eigenvalue weighted by molar-refractivity contribution is 5.84. The summed E-state index contributed by atoms with van der Waals surface area (Å²) in [5.41, 5.74) is 0. The van der Waals surface area contributed by atoms with E-state index in [0.717, 1.165) is 66.8 Å². The second kappa shape index (κ2) is 66.2. The number of ether oxygens (including phenoxy) is 13. The van der Waals surface area contributed by atoms with Crippen LogP contribution in [-0.2, 0) is 114 Å². The molecular formula is C53H74O25. The van der Waals surface area contributed by atoms with E-state index < -0.39 is 65.7 Å². The second-order valence-corrected chi connectivity index (χ2v) is 12.5. The summed E-state index contributed by atoms with van der Waals surface area (Å²) in [4.78, 5) is 115. The summed E-state index contributed by atoms with van der Waals surface area (Å²) in [7, 11) is 0. The van der Waals surface area contributed by atoms with E-state index in [2.05, 4.69) is 124 Å². The quantitative estimate of drug-likeness (QED) is 0.0400. The van der Waals surface area contributed by atoms with Gasteiger partial charge in [-0.25, -0.2) is 52.7 Å². The molecule has 436 valence electrons. The van der Waals surface area contributed by atoms with Crippen molar-refractivity contribution in [2.24, 2.45) is 0 Å². The van der Waals surface area contributed by atoms with Crippen LogP contribution in [-0.4, -0.2) is 176 Å². The van der Waals surface area contributed by atoms with Gasteiger partial charge in [0.2, 0.25) is 0 Å². The normalized spacial score (nSPS) is 8.78. The Morgan fingerprint density at radius 2 is 0.346 bits per heavy atom. The maximum Gasteiger partial charge on any atom is 0.330 e. The van der Waals surface area contributed by atoms with Crippen LogP contribution < -0.4 is 0 Å². The average molecular weight is 1110 g/mol. The minimum absolute atomic E-state index is 0.0461. The van der Waals surface area contributed by atoms with E-state index in [4.69, 9.17) is 14.6 Å². The molecule has 0 fully saturated rings. The fraction of sp³-hybridized carbons (Fsp3) is 0.377. The zero-order chi connectivity index (χ0) is 60.5. The molecule has 0 atom stereocenters. The van der Waals surface area contributed by atoms with E-state index in [1.165, 1.54) is 0 Å². The molecule has 0 rings (SSSR count). The third-order valence-electron chi connectivity index (χ3n) is 6.60. The lowest BCUT2D eigenvalue weighted by Gasteiger charge is -2.04. The molecule has 25 nitrogen and oxygen atoms in total. The van der Waals surface area contributed by atoms with E-state index >= 15 is 0 Å². The highest BCUT2D eigenvalue weighted by Crippen LogP contribution is 1.91. The first-order valence-corrected chi connectivity index (χ1v) is 22.8. The molecule has 0 heterocycles. The molecule has 0 aliphatic carbocycles. The first kappa shape index (κ1) is 80.6. The summed E-state index contributed by atoms with van der Waals surface area (Å²) in [6.07, 6.45) is 13.8. The van der Waals surface area contributed by atoms with E-state index in [9.17, 15) is 52.7 Å². The van der Waals surface area contributed by atoms with E-state index in [1.807, 2.05) is 0 Å². The number of rotatable bonds is 38. The van der Waals surface area contributed by atoms with Gasteiger partial charge in [-0.05, 0) is 0 Å². The lowest BCUT2D eigenvalue weighted by atomic mass is 10.5. The summed E-state index contributed by atoms with van der Waals surface area (Å²) in [5.74, 6) is -5.26. The molecule has 0 bridgehead atoms. The highest BCUT2D eigenvalue weighted by atomic mass is 16.6. The summed E-state index contributed by atoms with van der Waals surface area (Å²) in [6, 6.07) is 0. The number of hydrogen-bond donors (Lipinski definition) is 1. The smallest absolute Gasteiger partial charge is 0.330 e. The number of esters is 11. The first-order valence-electron chi connectivity index (χ1n) is 22.8. The predicted octanol–water partition coefficient (Wildman–Crippen LogP) is 3.53. The molecule has 0 aliphatic heterocycles. The molecule has 0 radical (unpaired) electrons. The molecule has 0 unspecified atom stereocenters. The van der Waals surface area contributed by atoms with Crippen molar-refractivity contribution in [1.29, 1.82) is 0 Å². The largest absolute Gasteiger partial charge is 0.462 e. The van der Waals surface area contributed by atoms with Crippen LogP contribution in [0.3, 0.4) is 0 Å².